The minimum Gasteiger partial charge on any atom is -0.385 e. The first-order valence-corrected chi connectivity index (χ1v) is 8.39. The maximum absolute atomic E-state index is 11.1. The van der Waals surface area contributed by atoms with Crippen molar-refractivity contribution in [1.29, 1.82) is 0 Å². The molecule has 0 unspecified atom stereocenters. The lowest BCUT2D eigenvalue weighted by Gasteiger charge is -2.16. The number of hydrogen-bond acceptors (Lipinski definition) is 2. The summed E-state index contributed by atoms with van der Waals surface area (Å²) in [4.78, 5) is 11.1. The molecule has 0 bridgehead atoms. The quantitative estimate of drug-likeness (QED) is 0.764. The van der Waals surface area contributed by atoms with Crippen LogP contribution in [0.2, 0.25) is 0 Å². The molecule has 0 aliphatic heterocycles. The summed E-state index contributed by atoms with van der Waals surface area (Å²) in [6, 6.07) is 16.6. The molecule has 126 valence electrons. The molecule has 1 aliphatic rings. The Labute approximate surface area is 143 Å². The monoisotopic (exact) mass is 324 g/mol. The molecular formula is C20H24N2O2. The Hall–Kier alpha value is -2.33. The second kappa shape index (κ2) is 7.05. The van der Waals surface area contributed by atoms with Gasteiger partial charge in [0.05, 0.1) is 5.54 Å². The zero-order valence-corrected chi connectivity index (χ0v) is 14.0. The number of carbonyl (C=O) groups is 1. The predicted molar refractivity (Wildman–Crippen MR) is 95.7 cm³/mol. The normalized spacial score (nSPS) is 15.0. The summed E-state index contributed by atoms with van der Waals surface area (Å²) in [5.41, 5.74) is 9.87. The lowest BCUT2D eigenvalue weighted by atomic mass is 9.98. The molecule has 3 rings (SSSR count). The number of nitrogens with one attached hydrogen (secondary N) is 1. The number of hydrogen-bond donors (Lipinski definition) is 2. The number of urea groups is 1. The maximum Gasteiger partial charge on any atom is 0.312 e. The van der Waals surface area contributed by atoms with Crippen LogP contribution in [-0.2, 0) is 16.7 Å². The van der Waals surface area contributed by atoms with Crippen molar-refractivity contribution < 1.29 is 9.53 Å². The van der Waals surface area contributed by atoms with E-state index in [4.69, 9.17) is 10.5 Å². The summed E-state index contributed by atoms with van der Waals surface area (Å²) in [6.07, 6.45) is 3.98. The smallest absolute Gasteiger partial charge is 0.312 e. The number of ether oxygens (including phenoxy) is 1. The molecule has 4 nitrogen and oxygen atoms in total. The molecule has 2 aromatic rings. The first-order chi connectivity index (χ1) is 11.6. The number of primary amides is 1. The molecule has 3 N–H and O–H groups in total. The van der Waals surface area contributed by atoms with Gasteiger partial charge in [-0.15, -0.1) is 0 Å². The van der Waals surface area contributed by atoms with E-state index in [2.05, 4.69) is 53.8 Å². The molecule has 4 heteroatoms. The summed E-state index contributed by atoms with van der Waals surface area (Å²) in [6.45, 7) is 0.796. The number of carbonyl (C=O) groups excluding carboxylic acids is 1. The lowest BCUT2D eigenvalue weighted by molar-refractivity contribution is 0.195. The number of benzene rings is 2. The van der Waals surface area contributed by atoms with Crippen LogP contribution < -0.4 is 11.1 Å². The molecule has 24 heavy (non-hydrogen) atoms. The van der Waals surface area contributed by atoms with E-state index in [1.807, 2.05) is 0 Å². The van der Waals surface area contributed by atoms with Gasteiger partial charge in [-0.25, -0.2) is 4.79 Å². The topological polar surface area (TPSA) is 64.3 Å². The van der Waals surface area contributed by atoms with E-state index in [1.54, 1.807) is 7.11 Å². The van der Waals surface area contributed by atoms with Crippen LogP contribution in [0, 0.1) is 0 Å². The summed E-state index contributed by atoms with van der Waals surface area (Å²) in [5, 5.41) is 2.87. The minimum absolute atomic E-state index is 0.241. The lowest BCUT2D eigenvalue weighted by Crippen LogP contribution is -2.38. The fraction of sp³-hybridized carbons (Fsp3) is 0.350. The van der Waals surface area contributed by atoms with Crippen LogP contribution in [-0.4, -0.2) is 19.7 Å². The van der Waals surface area contributed by atoms with E-state index in [-0.39, 0.29) is 5.54 Å². The summed E-state index contributed by atoms with van der Waals surface area (Å²) in [5.74, 6) is 0. The number of aryl methyl sites for hydroxylation is 1. The fourth-order valence-corrected chi connectivity index (χ4v) is 3.11. The SMILES string of the molecule is COCCCc1ccc(-c2ccc(C3(NC(N)=O)CC3)cc2)cc1. The van der Waals surface area contributed by atoms with Crippen LogP contribution in [0.3, 0.4) is 0 Å². The van der Waals surface area contributed by atoms with Gasteiger partial charge < -0.3 is 15.8 Å². The van der Waals surface area contributed by atoms with Gasteiger partial charge in [0.2, 0.25) is 0 Å². The summed E-state index contributed by atoms with van der Waals surface area (Å²) < 4.78 is 5.09. The van der Waals surface area contributed by atoms with Crippen LogP contribution in [0.25, 0.3) is 11.1 Å². The molecule has 0 saturated heterocycles. The van der Waals surface area contributed by atoms with Gasteiger partial charge in [0.25, 0.3) is 0 Å². The minimum atomic E-state index is -0.458. The van der Waals surface area contributed by atoms with Gasteiger partial charge in [-0.2, -0.15) is 0 Å². The second-order valence-corrected chi connectivity index (χ2v) is 6.44. The van der Waals surface area contributed by atoms with Crippen molar-refractivity contribution in [2.24, 2.45) is 5.73 Å². The van der Waals surface area contributed by atoms with Gasteiger partial charge in [-0.3, -0.25) is 0 Å². The summed E-state index contributed by atoms with van der Waals surface area (Å²) >= 11 is 0. The largest absolute Gasteiger partial charge is 0.385 e. The molecule has 0 aromatic heterocycles. The molecule has 1 saturated carbocycles. The van der Waals surface area contributed by atoms with Crippen molar-refractivity contribution in [2.45, 2.75) is 31.2 Å². The Bertz CT molecular complexity index is 689. The van der Waals surface area contributed by atoms with Gasteiger partial charge in [0.15, 0.2) is 0 Å². The molecule has 2 amide bonds. The molecule has 0 spiro atoms. The number of amides is 2. The van der Waals surface area contributed by atoms with Crippen molar-refractivity contribution in [2.75, 3.05) is 13.7 Å². The third kappa shape index (κ3) is 3.77. The van der Waals surface area contributed by atoms with Crippen LogP contribution in [0.15, 0.2) is 48.5 Å². The van der Waals surface area contributed by atoms with Crippen molar-refractivity contribution in [1.82, 2.24) is 5.32 Å². The van der Waals surface area contributed by atoms with Crippen LogP contribution in [0.4, 0.5) is 4.79 Å². The second-order valence-electron chi connectivity index (χ2n) is 6.44. The van der Waals surface area contributed by atoms with Gasteiger partial charge in [0.1, 0.15) is 0 Å². The van der Waals surface area contributed by atoms with E-state index in [0.29, 0.717) is 0 Å². The Balaban J connectivity index is 1.68. The first-order valence-electron chi connectivity index (χ1n) is 8.39. The Morgan fingerprint density at radius 3 is 2.17 bits per heavy atom. The Morgan fingerprint density at radius 2 is 1.67 bits per heavy atom. The Kier molecular flexibility index (Phi) is 4.86. The van der Waals surface area contributed by atoms with Gasteiger partial charge in [0, 0.05) is 13.7 Å². The molecular weight excluding hydrogens is 300 g/mol. The zero-order chi connectivity index (χ0) is 17.0. The van der Waals surface area contributed by atoms with Crippen LogP contribution in [0.1, 0.15) is 30.4 Å². The fourth-order valence-electron chi connectivity index (χ4n) is 3.11. The third-order valence-corrected chi connectivity index (χ3v) is 4.65. The van der Waals surface area contributed by atoms with Crippen LogP contribution >= 0.6 is 0 Å². The van der Waals surface area contributed by atoms with Crippen molar-refractivity contribution >= 4 is 6.03 Å². The van der Waals surface area contributed by atoms with Crippen molar-refractivity contribution in [3.8, 4) is 11.1 Å². The standard InChI is InChI=1S/C20H24N2O2/c1-24-14-2-3-15-4-6-16(7-5-15)17-8-10-18(11-9-17)20(12-13-20)22-19(21)23/h4-11H,2-3,12-14H2,1H3,(H3,21,22,23). The molecule has 1 fully saturated rings. The number of rotatable bonds is 7. The highest BCUT2D eigenvalue weighted by Crippen LogP contribution is 2.45. The van der Waals surface area contributed by atoms with E-state index in [1.165, 1.54) is 16.7 Å². The molecule has 0 radical (unpaired) electrons. The van der Waals surface area contributed by atoms with Crippen molar-refractivity contribution in [3.05, 3.63) is 59.7 Å². The molecule has 2 aromatic carbocycles. The zero-order valence-electron chi connectivity index (χ0n) is 14.0. The van der Waals surface area contributed by atoms with E-state index >= 15 is 0 Å². The van der Waals surface area contributed by atoms with Gasteiger partial charge >= 0.3 is 6.03 Å². The highest BCUT2D eigenvalue weighted by molar-refractivity contribution is 5.74. The van der Waals surface area contributed by atoms with Crippen LogP contribution in [0.5, 0.6) is 0 Å². The highest BCUT2D eigenvalue weighted by Gasteiger charge is 2.45. The molecule has 0 atom stereocenters. The predicted octanol–water partition coefficient (Wildman–Crippen LogP) is 3.59. The Morgan fingerprint density at radius 1 is 1.08 bits per heavy atom. The van der Waals surface area contributed by atoms with Gasteiger partial charge in [-0.1, -0.05) is 48.5 Å². The maximum atomic E-state index is 11.1. The van der Waals surface area contributed by atoms with E-state index in [9.17, 15) is 4.79 Å². The van der Waals surface area contributed by atoms with E-state index in [0.717, 1.165) is 37.9 Å². The third-order valence-electron chi connectivity index (χ3n) is 4.65. The number of nitrogens with two attached hydrogens (primary N) is 1. The van der Waals surface area contributed by atoms with E-state index < -0.39 is 6.03 Å². The molecule has 0 heterocycles. The number of methoxy groups -OCH3 is 1. The highest BCUT2D eigenvalue weighted by atomic mass is 16.5. The van der Waals surface area contributed by atoms with Crippen molar-refractivity contribution in [3.63, 3.8) is 0 Å². The van der Waals surface area contributed by atoms with Gasteiger partial charge in [-0.05, 0) is 47.9 Å². The average Bonchev–Trinajstić information content (AvgIpc) is 3.36. The average molecular weight is 324 g/mol. The molecule has 1 aliphatic carbocycles. The first kappa shape index (κ1) is 16.5. The summed E-state index contributed by atoms with van der Waals surface area (Å²) in [7, 11) is 1.73.